The molecule has 2 aromatic rings. The molecule has 0 spiro atoms. The molecule has 1 aromatic heterocycles. The van der Waals surface area contributed by atoms with Crippen LogP contribution in [0.1, 0.15) is 0 Å². The fraction of sp³-hybridized carbons (Fsp3) is 0.0909. The van der Waals surface area contributed by atoms with Crippen molar-refractivity contribution < 1.29 is 8.42 Å². The number of hydrogen-bond donors (Lipinski definition) is 3. The molecule has 0 amide bonds. The van der Waals surface area contributed by atoms with E-state index in [0.29, 0.717) is 5.69 Å². The topological polar surface area (TPSA) is 112 Å². The van der Waals surface area contributed by atoms with Crippen molar-refractivity contribution in [1.29, 1.82) is 0 Å². The second-order valence-electron chi connectivity index (χ2n) is 3.74. The minimum absolute atomic E-state index is 0.366. The normalized spacial score (nSPS) is 11.2. The summed E-state index contributed by atoms with van der Waals surface area (Å²) in [5, 5.41) is 0. The molecule has 0 saturated heterocycles. The third kappa shape index (κ3) is 2.94. The molecule has 9 heteroatoms. The molecule has 0 fully saturated rings. The maximum atomic E-state index is 12.1. The lowest BCUT2D eigenvalue weighted by atomic mass is 10.3. The van der Waals surface area contributed by atoms with E-state index in [-0.39, 0.29) is 0 Å². The number of benzene rings is 1. The van der Waals surface area contributed by atoms with Crippen molar-refractivity contribution in [2.24, 2.45) is 0 Å². The van der Waals surface area contributed by atoms with E-state index in [4.69, 9.17) is 0 Å². The predicted molar refractivity (Wildman–Crippen MR) is 76.7 cm³/mol. The molecule has 0 aliphatic carbocycles. The molecule has 1 heterocycles. The molecule has 3 N–H and O–H groups in total. The van der Waals surface area contributed by atoms with Crippen molar-refractivity contribution in [2.75, 3.05) is 11.0 Å². The molecular weight excluding hydrogens is 302 g/mol. The largest absolute Gasteiger partial charge is 0.325 e. The van der Waals surface area contributed by atoms with E-state index >= 15 is 0 Å². The number of para-hydroxylation sites is 1. The van der Waals surface area contributed by atoms with Crippen LogP contribution < -0.4 is 16.0 Å². The molecule has 7 nitrogen and oxygen atoms in total. The quantitative estimate of drug-likeness (QED) is 0.715. The summed E-state index contributed by atoms with van der Waals surface area (Å²) in [6.07, 6.45) is 2.67. The molecule has 0 radical (unpaired) electrons. The highest BCUT2D eigenvalue weighted by molar-refractivity contribution is 7.99. The molecule has 0 bridgehead atoms. The molecule has 20 heavy (non-hydrogen) atoms. The summed E-state index contributed by atoms with van der Waals surface area (Å²) in [4.78, 5) is 26.6. The number of aromatic nitrogens is 2. The minimum atomic E-state index is -4.07. The van der Waals surface area contributed by atoms with E-state index in [0.717, 1.165) is 11.1 Å². The monoisotopic (exact) mass is 313 g/mol. The van der Waals surface area contributed by atoms with Crippen molar-refractivity contribution in [3.05, 3.63) is 51.3 Å². The number of nitrogens with one attached hydrogen (secondary N) is 3. The smallest absolute Gasteiger partial charge is 0.313 e. The van der Waals surface area contributed by atoms with E-state index in [1.54, 1.807) is 30.5 Å². The number of aromatic amines is 2. The van der Waals surface area contributed by atoms with Crippen LogP contribution >= 0.6 is 11.8 Å². The molecule has 2 rings (SSSR count). The van der Waals surface area contributed by atoms with E-state index < -0.39 is 26.2 Å². The van der Waals surface area contributed by atoms with Crippen LogP contribution in [0.2, 0.25) is 0 Å². The first kappa shape index (κ1) is 14.4. The highest BCUT2D eigenvalue weighted by atomic mass is 32.2. The van der Waals surface area contributed by atoms with E-state index in [1.807, 2.05) is 4.98 Å². The first-order valence-electron chi connectivity index (χ1n) is 5.42. The lowest BCUT2D eigenvalue weighted by Gasteiger charge is -2.10. The van der Waals surface area contributed by atoms with Gasteiger partial charge in [0.1, 0.15) is 0 Å². The van der Waals surface area contributed by atoms with Crippen LogP contribution in [0.25, 0.3) is 0 Å². The zero-order chi connectivity index (χ0) is 14.8. The summed E-state index contributed by atoms with van der Waals surface area (Å²) < 4.78 is 26.6. The second-order valence-corrected chi connectivity index (χ2v) is 6.24. The van der Waals surface area contributed by atoms with Gasteiger partial charge in [0.2, 0.25) is 0 Å². The third-order valence-corrected chi connectivity index (χ3v) is 4.59. The van der Waals surface area contributed by atoms with Gasteiger partial charge < -0.3 is 4.98 Å². The van der Waals surface area contributed by atoms with Gasteiger partial charge in [-0.05, 0) is 18.4 Å². The van der Waals surface area contributed by atoms with Crippen molar-refractivity contribution in [3.8, 4) is 0 Å². The SMILES string of the molecule is CSc1ccccc1NS(=O)(=O)c1c[nH]c(=O)[nH]c1=O. The Kier molecular flexibility index (Phi) is 4.00. The standard InChI is InChI=1S/C11H11N3O4S2/c1-19-8-5-3-2-4-7(8)14-20(17,18)9-6-12-11(16)13-10(9)15/h2-6,14H,1H3,(H2,12,13,15,16). The zero-order valence-corrected chi connectivity index (χ0v) is 12.0. The van der Waals surface area contributed by atoms with Gasteiger partial charge in [-0.3, -0.25) is 14.5 Å². The average molecular weight is 313 g/mol. The molecule has 0 unspecified atom stereocenters. The molecule has 0 saturated carbocycles. The molecule has 0 aliphatic heterocycles. The van der Waals surface area contributed by atoms with Crippen LogP contribution in [0.5, 0.6) is 0 Å². The molecule has 1 aromatic carbocycles. The van der Waals surface area contributed by atoms with Gasteiger partial charge in [-0.2, -0.15) is 0 Å². The Balaban J connectivity index is 2.46. The lowest BCUT2D eigenvalue weighted by Crippen LogP contribution is -2.29. The summed E-state index contributed by atoms with van der Waals surface area (Å²) in [6.45, 7) is 0. The number of rotatable bonds is 4. The first-order chi connectivity index (χ1) is 9.44. The maximum Gasteiger partial charge on any atom is 0.325 e. The fourth-order valence-corrected chi connectivity index (χ4v) is 3.23. The van der Waals surface area contributed by atoms with Gasteiger partial charge in [0, 0.05) is 11.1 Å². The van der Waals surface area contributed by atoms with Crippen LogP contribution in [-0.2, 0) is 10.0 Å². The van der Waals surface area contributed by atoms with Gasteiger partial charge in [-0.15, -0.1) is 11.8 Å². The van der Waals surface area contributed by atoms with Crippen LogP contribution in [0.15, 0.2) is 49.8 Å². The van der Waals surface area contributed by atoms with Crippen molar-refractivity contribution in [2.45, 2.75) is 9.79 Å². The molecular formula is C11H11N3O4S2. The Morgan fingerprint density at radius 3 is 2.55 bits per heavy atom. The lowest BCUT2D eigenvalue weighted by molar-refractivity contribution is 0.599. The Hall–Kier alpha value is -2.00. The van der Waals surface area contributed by atoms with Crippen LogP contribution in [0.3, 0.4) is 0 Å². The van der Waals surface area contributed by atoms with Crippen LogP contribution in [0, 0.1) is 0 Å². The van der Waals surface area contributed by atoms with E-state index in [9.17, 15) is 18.0 Å². The van der Waals surface area contributed by atoms with E-state index in [1.165, 1.54) is 11.8 Å². The Labute approximate surface area is 118 Å². The van der Waals surface area contributed by atoms with E-state index in [2.05, 4.69) is 9.71 Å². The Morgan fingerprint density at radius 1 is 1.20 bits per heavy atom. The highest BCUT2D eigenvalue weighted by Crippen LogP contribution is 2.26. The van der Waals surface area contributed by atoms with Gasteiger partial charge in [0.05, 0.1) is 5.69 Å². The van der Waals surface area contributed by atoms with Crippen LogP contribution in [0.4, 0.5) is 5.69 Å². The summed E-state index contributed by atoms with van der Waals surface area (Å²) in [5.41, 5.74) is -1.37. The molecule has 106 valence electrons. The summed E-state index contributed by atoms with van der Waals surface area (Å²) in [7, 11) is -4.07. The number of H-pyrrole nitrogens is 2. The van der Waals surface area contributed by atoms with Crippen molar-refractivity contribution in [3.63, 3.8) is 0 Å². The number of hydrogen-bond acceptors (Lipinski definition) is 5. The molecule has 0 atom stereocenters. The van der Waals surface area contributed by atoms with Crippen molar-refractivity contribution in [1.82, 2.24) is 9.97 Å². The average Bonchev–Trinajstić information content (AvgIpc) is 2.38. The van der Waals surface area contributed by atoms with Gasteiger partial charge >= 0.3 is 5.69 Å². The van der Waals surface area contributed by atoms with Crippen molar-refractivity contribution >= 4 is 27.5 Å². The number of thioether (sulfide) groups is 1. The van der Waals surface area contributed by atoms with Gasteiger partial charge in [-0.1, -0.05) is 12.1 Å². The molecule has 0 aliphatic rings. The number of anilines is 1. The Bertz CT molecular complexity index is 839. The number of sulfonamides is 1. The minimum Gasteiger partial charge on any atom is -0.313 e. The van der Waals surface area contributed by atoms with Gasteiger partial charge in [-0.25, -0.2) is 13.2 Å². The Morgan fingerprint density at radius 2 is 1.90 bits per heavy atom. The third-order valence-electron chi connectivity index (χ3n) is 2.43. The van der Waals surface area contributed by atoms with Gasteiger partial charge in [0.25, 0.3) is 15.6 Å². The first-order valence-corrected chi connectivity index (χ1v) is 8.12. The zero-order valence-electron chi connectivity index (χ0n) is 10.3. The highest BCUT2D eigenvalue weighted by Gasteiger charge is 2.19. The van der Waals surface area contributed by atoms with Gasteiger partial charge in [0.15, 0.2) is 4.90 Å². The summed E-state index contributed by atoms with van der Waals surface area (Å²) in [5.74, 6) is 0. The summed E-state index contributed by atoms with van der Waals surface area (Å²) >= 11 is 1.37. The predicted octanol–water partition coefficient (Wildman–Crippen LogP) is 0.586. The fourth-order valence-electron chi connectivity index (χ4n) is 1.53. The van der Waals surface area contributed by atoms with Crippen LogP contribution in [-0.4, -0.2) is 24.6 Å². The second kappa shape index (κ2) is 5.55. The maximum absolute atomic E-state index is 12.1. The summed E-state index contributed by atoms with van der Waals surface area (Å²) in [6, 6.07) is 6.79.